The first-order valence-corrected chi connectivity index (χ1v) is 8.84. The van der Waals surface area contributed by atoms with Crippen molar-refractivity contribution in [2.24, 2.45) is 0 Å². The molecule has 1 aromatic heterocycles. The topological polar surface area (TPSA) is 110 Å². The average molecular weight is 408 g/mol. The smallest absolute Gasteiger partial charge is 0.335 e. The fourth-order valence-corrected chi connectivity index (χ4v) is 2.89. The van der Waals surface area contributed by atoms with E-state index in [2.05, 4.69) is 11.8 Å². The zero-order valence-corrected chi connectivity index (χ0v) is 16.1. The average Bonchev–Trinajstić information content (AvgIpc) is 3.07. The van der Waals surface area contributed by atoms with E-state index in [0.717, 1.165) is 4.57 Å². The van der Waals surface area contributed by atoms with Crippen molar-refractivity contribution in [2.75, 3.05) is 40.1 Å². The van der Waals surface area contributed by atoms with Gasteiger partial charge in [0.15, 0.2) is 6.23 Å². The Balaban J connectivity index is 2.34. The molecule has 0 saturated carbocycles. The van der Waals surface area contributed by atoms with E-state index in [1.807, 2.05) is 0 Å². The van der Waals surface area contributed by atoms with Crippen LogP contribution in [0, 0.1) is 24.7 Å². The number of hydrogen-bond donors (Lipinski definition) is 1. The van der Waals surface area contributed by atoms with E-state index in [9.17, 15) is 14.7 Å². The van der Waals surface area contributed by atoms with Crippen molar-refractivity contribution >= 4 is 0 Å². The minimum atomic E-state index is -0.999. The zero-order chi connectivity index (χ0) is 21.2. The highest BCUT2D eigenvalue weighted by Gasteiger charge is 2.47. The van der Waals surface area contributed by atoms with Crippen LogP contribution in [0.4, 0.5) is 0 Å². The summed E-state index contributed by atoms with van der Waals surface area (Å²) in [6, 6.07) is 1.20. The molecule has 1 N–H and O–H groups in total. The van der Waals surface area contributed by atoms with Gasteiger partial charge < -0.3 is 28.8 Å². The first-order valence-electron chi connectivity index (χ1n) is 8.84. The molecule has 4 atom stereocenters. The molecular weight excluding hydrogens is 384 g/mol. The minimum Gasteiger partial charge on any atom is -0.394 e. The van der Waals surface area contributed by atoms with Crippen molar-refractivity contribution in [3.63, 3.8) is 0 Å². The number of rotatable bonds is 11. The van der Waals surface area contributed by atoms with Crippen LogP contribution in [-0.4, -0.2) is 72.7 Å². The maximum Gasteiger partial charge on any atom is 0.335 e. The number of nitrogens with zero attached hydrogens (tertiary/aromatic N) is 2. The SMILES string of the molecule is C#CCO[C@@H]1[C@H](OCC#C)[C@@H](CO)O[C@H]1n1ccc(=O)n(COCCOC)c1=O. The molecule has 1 aliphatic heterocycles. The Morgan fingerprint density at radius 2 is 1.86 bits per heavy atom. The maximum atomic E-state index is 12.9. The lowest BCUT2D eigenvalue weighted by molar-refractivity contribution is -0.0704. The molecule has 158 valence electrons. The summed E-state index contributed by atoms with van der Waals surface area (Å²) in [5.41, 5.74) is -1.22. The van der Waals surface area contributed by atoms with Crippen LogP contribution in [0.5, 0.6) is 0 Å². The van der Waals surface area contributed by atoms with Gasteiger partial charge in [0.25, 0.3) is 5.56 Å². The van der Waals surface area contributed by atoms with Gasteiger partial charge in [0.05, 0.1) is 19.8 Å². The molecule has 1 aliphatic rings. The van der Waals surface area contributed by atoms with Crippen molar-refractivity contribution in [3.05, 3.63) is 33.1 Å². The molecule has 0 radical (unpaired) electrons. The van der Waals surface area contributed by atoms with Gasteiger partial charge in [-0.3, -0.25) is 9.36 Å². The van der Waals surface area contributed by atoms with Crippen LogP contribution in [0.2, 0.25) is 0 Å². The van der Waals surface area contributed by atoms with Crippen molar-refractivity contribution in [1.29, 1.82) is 0 Å². The molecule has 0 bridgehead atoms. The molecule has 0 unspecified atom stereocenters. The highest BCUT2D eigenvalue weighted by Crippen LogP contribution is 2.32. The highest BCUT2D eigenvalue weighted by molar-refractivity contribution is 4.98. The lowest BCUT2D eigenvalue weighted by Gasteiger charge is -2.24. The molecule has 0 spiro atoms. The predicted molar refractivity (Wildman–Crippen MR) is 101 cm³/mol. The normalized spacial score (nSPS) is 23.6. The summed E-state index contributed by atoms with van der Waals surface area (Å²) in [4.78, 5) is 25.0. The van der Waals surface area contributed by atoms with Crippen LogP contribution >= 0.6 is 0 Å². The Bertz CT molecular complexity index is 849. The third-order valence-electron chi connectivity index (χ3n) is 4.21. The minimum absolute atomic E-state index is 0.0467. The van der Waals surface area contributed by atoms with Gasteiger partial charge >= 0.3 is 5.69 Å². The molecule has 0 aromatic carbocycles. The third-order valence-corrected chi connectivity index (χ3v) is 4.21. The van der Waals surface area contributed by atoms with E-state index < -0.39 is 42.4 Å². The van der Waals surface area contributed by atoms with Crippen LogP contribution in [0.3, 0.4) is 0 Å². The van der Waals surface area contributed by atoms with Gasteiger partial charge in [-0.1, -0.05) is 11.8 Å². The lowest BCUT2D eigenvalue weighted by atomic mass is 10.1. The van der Waals surface area contributed by atoms with E-state index in [-0.39, 0.29) is 26.6 Å². The Hall–Kier alpha value is -2.44. The second-order valence-corrected chi connectivity index (χ2v) is 6.01. The molecule has 29 heavy (non-hydrogen) atoms. The fraction of sp³-hybridized carbons (Fsp3) is 0.579. The van der Waals surface area contributed by atoms with Crippen LogP contribution < -0.4 is 11.2 Å². The van der Waals surface area contributed by atoms with Crippen LogP contribution in [-0.2, 0) is 30.4 Å². The molecule has 0 amide bonds. The predicted octanol–water partition coefficient (Wildman–Crippen LogP) is -1.44. The summed E-state index contributed by atoms with van der Waals surface area (Å²) >= 11 is 0. The molecule has 1 saturated heterocycles. The lowest BCUT2D eigenvalue weighted by Crippen LogP contribution is -2.44. The monoisotopic (exact) mass is 408 g/mol. The Kier molecular flexibility index (Phi) is 9.09. The number of methoxy groups -OCH3 is 1. The van der Waals surface area contributed by atoms with Crippen LogP contribution in [0.15, 0.2) is 21.9 Å². The summed E-state index contributed by atoms with van der Waals surface area (Å²) in [5, 5.41) is 9.65. The van der Waals surface area contributed by atoms with Crippen molar-refractivity contribution in [1.82, 2.24) is 9.13 Å². The quantitative estimate of drug-likeness (QED) is 0.350. The molecular formula is C19H24N2O8. The highest BCUT2D eigenvalue weighted by atomic mass is 16.6. The van der Waals surface area contributed by atoms with Gasteiger partial charge in [0, 0.05) is 19.4 Å². The first kappa shape index (κ1) is 22.8. The number of hydrogen-bond acceptors (Lipinski definition) is 8. The summed E-state index contributed by atoms with van der Waals surface area (Å²) in [7, 11) is 1.51. The largest absolute Gasteiger partial charge is 0.394 e. The molecule has 1 aromatic rings. The second-order valence-electron chi connectivity index (χ2n) is 6.01. The number of aliphatic hydroxyl groups is 1. The molecule has 10 nitrogen and oxygen atoms in total. The zero-order valence-electron chi connectivity index (χ0n) is 16.1. The van der Waals surface area contributed by atoms with Crippen molar-refractivity contribution in [2.45, 2.75) is 31.3 Å². The Labute approximate surface area is 167 Å². The standard InChI is InChI=1S/C19H24N2O8/c1-4-8-27-16-14(12-22)29-18(17(16)28-9-5-2)20-7-6-15(23)21(19(20)24)13-26-11-10-25-3/h1-2,6-7,14,16-18,22H,8-13H2,3H3/t14-,16-,17-,18-/m1/s1. The number of aromatic nitrogens is 2. The Morgan fingerprint density at radius 3 is 2.48 bits per heavy atom. The molecule has 2 rings (SSSR count). The molecule has 0 aliphatic carbocycles. The summed E-state index contributed by atoms with van der Waals surface area (Å²) < 4.78 is 29.2. The van der Waals surface area contributed by atoms with E-state index in [4.69, 9.17) is 36.5 Å². The second kappa shape index (κ2) is 11.5. The van der Waals surface area contributed by atoms with Gasteiger partial charge in [-0.25, -0.2) is 9.36 Å². The van der Waals surface area contributed by atoms with E-state index in [1.165, 1.54) is 23.9 Å². The maximum absolute atomic E-state index is 12.9. The van der Waals surface area contributed by atoms with Gasteiger partial charge in [0.1, 0.15) is 38.3 Å². The number of aliphatic hydroxyl groups excluding tert-OH is 1. The molecule has 2 heterocycles. The van der Waals surface area contributed by atoms with Crippen LogP contribution in [0.1, 0.15) is 6.23 Å². The van der Waals surface area contributed by atoms with Crippen molar-refractivity contribution < 1.29 is 28.8 Å². The first-order chi connectivity index (χ1) is 14.1. The van der Waals surface area contributed by atoms with Crippen LogP contribution in [0.25, 0.3) is 0 Å². The van der Waals surface area contributed by atoms with E-state index >= 15 is 0 Å². The van der Waals surface area contributed by atoms with Gasteiger partial charge in [-0.2, -0.15) is 0 Å². The van der Waals surface area contributed by atoms with Gasteiger partial charge in [0.2, 0.25) is 0 Å². The van der Waals surface area contributed by atoms with Crippen molar-refractivity contribution in [3.8, 4) is 24.7 Å². The van der Waals surface area contributed by atoms with Gasteiger partial charge in [-0.15, -0.1) is 12.8 Å². The fourth-order valence-electron chi connectivity index (χ4n) is 2.89. The van der Waals surface area contributed by atoms with E-state index in [0.29, 0.717) is 6.61 Å². The molecule has 10 heteroatoms. The summed E-state index contributed by atoms with van der Waals surface area (Å²) in [6.07, 6.45) is 8.40. The number of terminal acetylenes is 2. The number of ether oxygens (including phenoxy) is 5. The van der Waals surface area contributed by atoms with Gasteiger partial charge in [-0.05, 0) is 0 Å². The Morgan fingerprint density at radius 1 is 1.17 bits per heavy atom. The molecule has 1 fully saturated rings. The summed E-state index contributed by atoms with van der Waals surface area (Å²) in [6.45, 7) is -0.251. The summed E-state index contributed by atoms with van der Waals surface area (Å²) in [5.74, 6) is 4.68. The van der Waals surface area contributed by atoms with E-state index in [1.54, 1.807) is 0 Å². The third kappa shape index (κ3) is 5.55.